The molecule has 4 N–H and O–H groups in total. The molecule has 4 heteroatoms. The Bertz CT molecular complexity index is 278. The first-order valence-corrected chi connectivity index (χ1v) is 3.59. The Morgan fingerprint density at radius 3 is 2.83 bits per heavy atom. The lowest BCUT2D eigenvalue weighted by molar-refractivity contribution is 0.451. The number of rotatable bonds is 2. The van der Waals surface area contributed by atoms with Gasteiger partial charge in [0.2, 0.25) is 0 Å². The number of benzene rings is 1. The van der Waals surface area contributed by atoms with Crippen molar-refractivity contribution in [3.05, 3.63) is 29.6 Å². The molecule has 0 aliphatic rings. The van der Waals surface area contributed by atoms with E-state index in [1.54, 1.807) is 6.92 Å². The fourth-order valence-electron chi connectivity index (χ4n) is 0.962. The summed E-state index contributed by atoms with van der Waals surface area (Å²) < 4.78 is 12.7. The van der Waals surface area contributed by atoms with Gasteiger partial charge in [-0.2, -0.15) is 0 Å². The molecular formula is C8H11FN2O. The van der Waals surface area contributed by atoms with Gasteiger partial charge in [-0.05, 0) is 25.1 Å². The molecule has 66 valence electrons. The van der Waals surface area contributed by atoms with Gasteiger partial charge < -0.3 is 5.11 Å². The van der Waals surface area contributed by atoms with Crippen LogP contribution in [0.25, 0.3) is 0 Å². The third kappa shape index (κ3) is 1.72. The van der Waals surface area contributed by atoms with Gasteiger partial charge in [0.25, 0.3) is 0 Å². The van der Waals surface area contributed by atoms with Crippen LogP contribution in [0.4, 0.5) is 4.39 Å². The lowest BCUT2D eigenvalue weighted by atomic mass is 10.1. The van der Waals surface area contributed by atoms with Gasteiger partial charge in [0.1, 0.15) is 11.6 Å². The van der Waals surface area contributed by atoms with Gasteiger partial charge in [0.15, 0.2) is 0 Å². The zero-order valence-electron chi connectivity index (χ0n) is 6.71. The second-order valence-electron chi connectivity index (χ2n) is 2.59. The molecule has 1 aromatic rings. The van der Waals surface area contributed by atoms with Gasteiger partial charge in [-0.1, -0.05) is 0 Å². The molecule has 0 radical (unpaired) electrons. The minimum atomic E-state index is -0.384. The molecule has 1 rings (SSSR count). The summed E-state index contributed by atoms with van der Waals surface area (Å²) in [5.74, 6) is 4.80. The van der Waals surface area contributed by atoms with E-state index in [1.807, 2.05) is 0 Å². The van der Waals surface area contributed by atoms with Crippen molar-refractivity contribution in [1.29, 1.82) is 0 Å². The molecule has 1 aromatic carbocycles. The zero-order valence-corrected chi connectivity index (χ0v) is 6.71. The van der Waals surface area contributed by atoms with Crippen LogP contribution >= 0.6 is 0 Å². The Labute approximate surface area is 70.0 Å². The van der Waals surface area contributed by atoms with Crippen LogP contribution < -0.4 is 11.3 Å². The number of nitrogens with one attached hydrogen (secondary N) is 1. The second kappa shape index (κ2) is 3.51. The van der Waals surface area contributed by atoms with Gasteiger partial charge >= 0.3 is 0 Å². The first kappa shape index (κ1) is 8.96. The summed E-state index contributed by atoms with van der Waals surface area (Å²) in [5, 5.41) is 9.27. The van der Waals surface area contributed by atoms with Crippen LogP contribution in [-0.4, -0.2) is 5.11 Å². The number of hydrogen-bond donors (Lipinski definition) is 3. The zero-order chi connectivity index (χ0) is 9.14. The van der Waals surface area contributed by atoms with Gasteiger partial charge in [-0.3, -0.25) is 11.3 Å². The lowest BCUT2D eigenvalue weighted by Crippen LogP contribution is -2.25. The molecule has 0 fully saturated rings. The summed E-state index contributed by atoms with van der Waals surface area (Å²) in [7, 11) is 0. The molecule has 12 heavy (non-hydrogen) atoms. The van der Waals surface area contributed by atoms with E-state index in [1.165, 1.54) is 18.2 Å². The Kier molecular flexibility index (Phi) is 2.62. The van der Waals surface area contributed by atoms with E-state index in [-0.39, 0.29) is 17.6 Å². The Morgan fingerprint density at radius 2 is 2.25 bits per heavy atom. The molecule has 0 heterocycles. The fraction of sp³-hybridized carbons (Fsp3) is 0.250. The molecule has 0 bridgehead atoms. The number of phenolic OH excluding ortho intramolecular Hbond substituents is 1. The third-order valence-corrected chi connectivity index (χ3v) is 1.71. The predicted molar refractivity (Wildman–Crippen MR) is 43.8 cm³/mol. The lowest BCUT2D eigenvalue weighted by Gasteiger charge is -2.11. The van der Waals surface area contributed by atoms with Crippen LogP contribution in [-0.2, 0) is 0 Å². The maximum atomic E-state index is 12.7. The number of nitrogens with two attached hydrogens (primary N) is 1. The topological polar surface area (TPSA) is 58.3 Å². The Morgan fingerprint density at radius 1 is 1.58 bits per heavy atom. The minimum Gasteiger partial charge on any atom is -0.508 e. The molecule has 1 atom stereocenters. The van der Waals surface area contributed by atoms with Gasteiger partial charge in [-0.15, -0.1) is 0 Å². The predicted octanol–water partition coefficient (Wildman–Crippen LogP) is 1.06. The maximum Gasteiger partial charge on any atom is 0.123 e. The molecule has 0 amide bonds. The molecular weight excluding hydrogens is 159 g/mol. The van der Waals surface area contributed by atoms with Crippen molar-refractivity contribution in [2.75, 3.05) is 0 Å². The van der Waals surface area contributed by atoms with Crippen molar-refractivity contribution in [3.63, 3.8) is 0 Å². The summed E-state index contributed by atoms with van der Waals surface area (Å²) in [6.07, 6.45) is 0. The minimum absolute atomic E-state index is 0.0434. The number of aromatic hydroxyl groups is 1. The maximum absolute atomic E-state index is 12.7. The highest BCUT2D eigenvalue weighted by atomic mass is 19.1. The average Bonchev–Trinajstić information content (AvgIpc) is 2.08. The van der Waals surface area contributed by atoms with E-state index in [0.29, 0.717) is 5.56 Å². The van der Waals surface area contributed by atoms with E-state index < -0.39 is 0 Å². The van der Waals surface area contributed by atoms with E-state index >= 15 is 0 Å². The molecule has 0 aliphatic carbocycles. The standard InChI is InChI=1S/C8H11FN2O/c1-5(11-10)7-4-6(9)2-3-8(7)12/h2-5,11-12H,10H2,1H3/t5-/m1/s1. The number of halogens is 1. The molecule has 0 aliphatic heterocycles. The normalized spacial score (nSPS) is 12.9. The monoisotopic (exact) mass is 170 g/mol. The summed E-state index contributed by atoms with van der Waals surface area (Å²) in [5.41, 5.74) is 2.88. The van der Waals surface area contributed by atoms with Gasteiger partial charge in [0, 0.05) is 11.6 Å². The van der Waals surface area contributed by atoms with E-state index in [0.717, 1.165) is 0 Å². The van der Waals surface area contributed by atoms with Crippen molar-refractivity contribution in [2.45, 2.75) is 13.0 Å². The van der Waals surface area contributed by atoms with Crippen molar-refractivity contribution >= 4 is 0 Å². The van der Waals surface area contributed by atoms with Crippen LogP contribution in [0.2, 0.25) is 0 Å². The van der Waals surface area contributed by atoms with Crippen LogP contribution in [0.15, 0.2) is 18.2 Å². The third-order valence-electron chi connectivity index (χ3n) is 1.71. The quantitative estimate of drug-likeness (QED) is 0.459. The van der Waals surface area contributed by atoms with Crippen LogP contribution in [0.3, 0.4) is 0 Å². The van der Waals surface area contributed by atoms with Crippen molar-refractivity contribution in [2.24, 2.45) is 5.84 Å². The van der Waals surface area contributed by atoms with E-state index in [2.05, 4.69) is 5.43 Å². The van der Waals surface area contributed by atoms with Crippen molar-refractivity contribution in [1.82, 2.24) is 5.43 Å². The highest BCUT2D eigenvalue weighted by Gasteiger charge is 2.08. The van der Waals surface area contributed by atoms with Crippen LogP contribution in [0, 0.1) is 5.82 Å². The Balaban J connectivity index is 3.04. The second-order valence-corrected chi connectivity index (χ2v) is 2.59. The average molecular weight is 170 g/mol. The first-order chi connectivity index (χ1) is 5.65. The molecule has 0 saturated heterocycles. The molecule has 0 aromatic heterocycles. The smallest absolute Gasteiger partial charge is 0.123 e. The summed E-state index contributed by atoms with van der Waals surface area (Å²) in [4.78, 5) is 0. The molecule has 0 spiro atoms. The SMILES string of the molecule is C[C@@H](NN)c1cc(F)ccc1O. The van der Waals surface area contributed by atoms with Crippen molar-refractivity contribution < 1.29 is 9.50 Å². The molecule has 0 unspecified atom stereocenters. The van der Waals surface area contributed by atoms with E-state index in [9.17, 15) is 9.50 Å². The number of hydrogen-bond acceptors (Lipinski definition) is 3. The largest absolute Gasteiger partial charge is 0.508 e. The summed E-state index contributed by atoms with van der Waals surface area (Å²) >= 11 is 0. The van der Waals surface area contributed by atoms with Gasteiger partial charge in [-0.25, -0.2) is 4.39 Å². The number of hydrazine groups is 1. The summed E-state index contributed by atoms with van der Waals surface area (Å²) in [6, 6.07) is 3.49. The van der Waals surface area contributed by atoms with Crippen LogP contribution in [0.5, 0.6) is 5.75 Å². The summed E-state index contributed by atoms with van der Waals surface area (Å²) in [6.45, 7) is 1.73. The fourth-order valence-corrected chi connectivity index (χ4v) is 0.962. The number of phenols is 1. The van der Waals surface area contributed by atoms with Gasteiger partial charge in [0.05, 0.1) is 0 Å². The first-order valence-electron chi connectivity index (χ1n) is 3.59. The highest BCUT2D eigenvalue weighted by molar-refractivity contribution is 5.34. The van der Waals surface area contributed by atoms with Crippen molar-refractivity contribution in [3.8, 4) is 5.75 Å². The van der Waals surface area contributed by atoms with Crippen LogP contribution in [0.1, 0.15) is 18.5 Å². The molecule has 0 saturated carbocycles. The Hall–Kier alpha value is -1.13. The van der Waals surface area contributed by atoms with E-state index in [4.69, 9.17) is 5.84 Å². The highest BCUT2D eigenvalue weighted by Crippen LogP contribution is 2.23. The molecule has 3 nitrogen and oxygen atoms in total.